The number of allylic oxidation sites excluding steroid dienone is 3. The fraction of sp³-hybridized carbons (Fsp3) is 0.333. The van der Waals surface area contributed by atoms with Crippen molar-refractivity contribution in [2.24, 2.45) is 0 Å². The van der Waals surface area contributed by atoms with E-state index in [1.54, 1.807) is 0 Å². The molecule has 0 saturated carbocycles. The fourth-order valence-corrected chi connectivity index (χ4v) is 0.907. The molecule has 0 bridgehead atoms. The van der Waals surface area contributed by atoms with Crippen LogP contribution in [0.4, 0.5) is 0 Å². The zero-order chi connectivity index (χ0) is 8.20. The molecule has 4 heteroatoms. The Labute approximate surface area is 61.1 Å². The first-order valence-electron chi connectivity index (χ1n) is 2.64. The standard InChI is InChI=1S/C6H10O3S/c1-4-5-6(2)10(7,8)9-3/h4-5H,1H2,2-3H3/b6-5+. The molecule has 0 aromatic heterocycles. The van der Waals surface area contributed by atoms with E-state index < -0.39 is 10.1 Å². The normalized spacial score (nSPS) is 13.2. The van der Waals surface area contributed by atoms with Crippen LogP contribution in [0.5, 0.6) is 0 Å². The Morgan fingerprint density at radius 1 is 1.60 bits per heavy atom. The molecular weight excluding hydrogens is 152 g/mol. The van der Waals surface area contributed by atoms with Gasteiger partial charge in [-0.05, 0) is 13.0 Å². The first kappa shape index (κ1) is 9.39. The maximum Gasteiger partial charge on any atom is 0.292 e. The van der Waals surface area contributed by atoms with Crippen molar-refractivity contribution >= 4 is 10.1 Å². The van der Waals surface area contributed by atoms with Gasteiger partial charge in [-0.15, -0.1) is 0 Å². The first-order chi connectivity index (χ1) is 4.54. The van der Waals surface area contributed by atoms with E-state index in [9.17, 15) is 8.42 Å². The summed E-state index contributed by atoms with van der Waals surface area (Å²) in [5.74, 6) is 0. The van der Waals surface area contributed by atoms with Crippen molar-refractivity contribution in [3.8, 4) is 0 Å². The largest absolute Gasteiger partial charge is 0.292 e. The number of hydrogen-bond acceptors (Lipinski definition) is 3. The van der Waals surface area contributed by atoms with Crippen molar-refractivity contribution in [3.05, 3.63) is 23.6 Å². The predicted octanol–water partition coefficient (Wildman–Crippen LogP) is 1.05. The molecule has 0 spiro atoms. The molecule has 0 heterocycles. The Bertz CT molecular complexity index is 236. The number of hydrogen-bond donors (Lipinski definition) is 0. The smallest absolute Gasteiger partial charge is 0.270 e. The summed E-state index contributed by atoms with van der Waals surface area (Å²) in [6.07, 6.45) is 2.77. The molecule has 0 aliphatic heterocycles. The van der Waals surface area contributed by atoms with Crippen molar-refractivity contribution < 1.29 is 12.6 Å². The molecule has 0 N–H and O–H groups in total. The van der Waals surface area contributed by atoms with Crippen LogP contribution in [0.3, 0.4) is 0 Å². The predicted molar refractivity (Wildman–Crippen MR) is 39.9 cm³/mol. The van der Waals surface area contributed by atoms with Gasteiger partial charge in [0.25, 0.3) is 10.1 Å². The third-order valence-electron chi connectivity index (χ3n) is 0.966. The zero-order valence-electron chi connectivity index (χ0n) is 5.99. The van der Waals surface area contributed by atoms with E-state index in [0.717, 1.165) is 7.11 Å². The molecule has 0 aliphatic rings. The molecule has 0 aromatic rings. The molecule has 10 heavy (non-hydrogen) atoms. The van der Waals surface area contributed by atoms with E-state index in [2.05, 4.69) is 10.8 Å². The maximum atomic E-state index is 10.8. The summed E-state index contributed by atoms with van der Waals surface area (Å²) in [6, 6.07) is 0. The van der Waals surface area contributed by atoms with Crippen LogP contribution in [0.15, 0.2) is 23.6 Å². The van der Waals surface area contributed by atoms with E-state index in [0.29, 0.717) is 0 Å². The molecule has 0 unspecified atom stereocenters. The van der Waals surface area contributed by atoms with Crippen molar-refractivity contribution in [1.82, 2.24) is 0 Å². The Morgan fingerprint density at radius 2 is 2.10 bits per heavy atom. The summed E-state index contributed by atoms with van der Waals surface area (Å²) in [7, 11) is -2.35. The molecule has 0 atom stereocenters. The second kappa shape index (κ2) is 3.53. The van der Waals surface area contributed by atoms with Crippen LogP contribution in [-0.4, -0.2) is 15.5 Å². The van der Waals surface area contributed by atoms with Gasteiger partial charge in [0.15, 0.2) is 0 Å². The topological polar surface area (TPSA) is 43.4 Å². The Balaban J connectivity index is 4.67. The number of rotatable bonds is 3. The van der Waals surface area contributed by atoms with Gasteiger partial charge in [0, 0.05) is 0 Å². The quantitative estimate of drug-likeness (QED) is 0.460. The summed E-state index contributed by atoms with van der Waals surface area (Å²) in [4.78, 5) is 0.157. The van der Waals surface area contributed by atoms with Gasteiger partial charge in [-0.2, -0.15) is 8.42 Å². The van der Waals surface area contributed by atoms with Crippen LogP contribution in [0.25, 0.3) is 0 Å². The third-order valence-corrected chi connectivity index (χ3v) is 2.33. The molecule has 0 radical (unpaired) electrons. The maximum absolute atomic E-state index is 10.8. The molecule has 58 valence electrons. The minimum atomic E-state index is -3.47. The van der Waals surface area contributed by atoms with Crippen LogP contribution in [0.2, 0.25) is 0 Å². The van der Waals surface area contributed by atoms with Gasteiger partial charge in [0.05, 0.1) is 12.0 Å². The SMILES string of the molecule is C=C/C=C(\C)S(=O)(=O)OC. The second-order valence-corrected chi connectivity index (χ2v) is 3.52. The van der Waals surface area contributed by atoms with Crippen molar-refractivity contribution in [3.63, 3.8) is 0 Å². The van der Waals surface area contributed by atoms with Crippen LogP contribution in [0.1, 0.15) is 6.92 Å². The minimum absolute atomic E-state index is 0.157. The van der Waals surface area contributed by atoms with Gasteiger partial charge in [-0.1, -0.05) is 12.7 Å². The lowest BCUT2D eigenvalue weighted by molar-refractivity contribution is 0.404. The van der Waals surface area contributed by atoms with Crippen LogP contribution in [0, 0.1) is 0 Å². The van der Waals surface area contributed by atoms with E-state index >= 15 is 0 Å². The van der Waals surface area contributed by atoms with Crippen molar-refractivity contribution in [2.75, 3.05) is 7.11 Å². The van der Waals surface area contributed by atoms with Crippen LogP contribution in [-0.2, 0) is 14.3 Å². The van der Waals surface area contributed by atoms with Gasteiger partial charge in [0.1, 0.15) is 0 Å². The Morgan fingerprint density at radius 3 is 2.40 bits per heavy atom. The average molecular weight is 162 g/mol. The highest BCUT2D eigenvalue weighted by molar-refractivity contribution is 7.90. The second-order valence-electron chi connectivity index (χ2n) is 1.63. The van der Waals surface area contributed by atoms with E-state index in [1.165, 1.54) is 19.1 Å². The van der Waals surface area contributed by atoms with Gasteiger partial charge >= 0.3 is 0 Å². The van der Waals surface area contributed by atoms with E-state index in [4.69, 9.17) is 0 Å². The lowest BCUT2D eigenvalue weighted by Gasteiger charge is -1.97. The monoisotopic (exact) mass is 162 g/mol. The van der Waals surface area contributed by atoms with Gasteiger partial charge in [-0.25, -0.2) is 0 Å². The molecular formula is C6H10O3S. The van der Waals surface area contributed by atoms with Crippen molar-refractivity contribution in [1.29, 1.82) is 0 Å². The van der Waals surface area contributed by atoms with Gasteiger partial charge in [0.2, 0.25) is 0 Å². The Hall–Kier alpha value is -0.610. The van der Waals surface area contributed by atoms with Crippen molar-refractivity contribution in [2.45, 2.75) is 6.92 Å². The highest BCUT2D eigenvalue weighted by Gasteiger charge is 2.09. The summed E-state index contributed by atoms with van der Waals surface area (Å²) in [5.41, 5.74) is 0. The molecule has 0 amide bonds. The summed E-state index contributed by atoms with van der Waals surface area (Å²) < 4.78 is 25.7. The van der Waals surface area contributed by atoms with Crippen LogP contribution >= 0.6 is 0 Å². The van der Waals surface area contributed by atoms with Crippen LogP contribution < -0.4 is 0 Å². The minimum Gasteiger partial charge on any atom is -0.270 e. The molecule has 0 aromatic carbocycles. The van der Waals surface area contributed by atoms with E-state index in [-0.39, 0.29) is 4.91 Å². The summed E-state index contributed by atoms with van der Waals surface area (Å²) in [6.45, 7) is 4.80. The highest BCUT2D eigenvalue weighted by Crippen LogP contribution is 2.05. The third kappa shape index (κ3) is 2.33. The molecule has 0 saturated heterocycles. The lowest BCUT2D eigenvalue weighted by Crippen LogP contribution is -2.02. The first-order valence-corrected chi connectivity index (χ1v) is 4.05. The zero-order valence-corrected chi connectivity index (χ0v) is 6.81. The summed E-state index contributed by atoms with van der Waals surface area (Å²) in [5, 5.41) is 0. The average Bonchev–Trinajstić information content (AvgIpc) is 1.89. The summed E-state index contributed by atoms with van der Waals surface area (Å²) >= 11 is 0. The fourth-order valence-electron chi connectivity index (χ4n) is 0.381. The lowest BCUT2D eigenvalue weighted by atomic mass is 10.5. The molecule has 0 fully saturated rings. The molecule has 0 aliphatic carbocycles. The molecule has 3 nitrogen and oxygen atoms in total. The highest BCUT2D eigenvalue weighted by atomic mass is 32.2. The molecule has 0 rings (SSSR count). The van der Waals surface area contributed by atoms with Gasteiger partial charge in [-0.3, -0.25) is 4.18 Å². The van der Waals surface area contributed by atoms with Gasteiger partial charge < -0.3 is 0 Å². The van der Waals surface area contributed by atoms with E-state index in [1.807, 2.05) is 0 Å². The Kier molecular flexibility index (Phi) is 3.32.